The largest absolute Gasteiger partial charge is 0.484 e. The van der Waals surface area contributed by atoms with Gasteiger partial charge in [0.15, 0.2) is 6.61 Å². The van der Waals surface area contributed by atoms with Crippen molar-refractivity contribution in [2.45, 2.75) is 30.4 Å². The molecule has 6 nitrogen and oxygen atoms in total. The number of carbonyl (C=O) groups excluding carboxylic acids is 1. The quantitative estimate of drug-likeness (QED) is 0.685. The summed E-state index contributed by atoms with van der Waals surface area (Å²) >= 11 is 1.04. The smallest absolute Gasteiger partial charge is 0.422 e. The molecule has 0 radical (unpaired) electrons. The van der Waals surface area contributed by atoms with Crippen molar-refractivity contribution in [3.8, 4) is 5.75 Å². The molecule has 1 amide bonds. The van der Waals surface area contributed by atoms with Crippen molar-refractivity contribution in [1.82, 2.24) is 10.0 Å². The van der Waals surface area contributed by atoms with Crippen LogP contribution in [0.15, 0.2) is 40.6 Å². The van der Waals surface area contributed by atoms with Gasteiger partial charge in [0.25, 0.3) is 0 Å². The molecule has 2 N–H and O–H groups in total. The van der Waals surface area contributed by atoms with Crippen LogP contribution in [0.3, 0.4) is 0 Å². The average Bonchev–Trinajstić information content (AvgIpc) is 3.07. The number of thiophene rings is 1. The van der Waals surface area contributed by atoms with Gasteiger partial charge in [-0.15, -0.1) is 11.3 Å². The van der Waals surface area contributed by atoms with Gasteiger partial charge >= 0.3 is 6.18 Å². The maximum atomic E-state index is 12.3. The molecule has 1 aromatic heterocycles. The topological polar surface area (TPSA) is 84.5 Å². The lowest BCUT2D eigenvalue weighted by Crippen LogP contribution is -2.22. The van der Waals surface area contributed by atoms with E-state index in [0.717, 1.165) is 11.3 Å². The molecular formula is C16H17F3N2O4S2. The first kappa shape index (κ1) is 21.2. The Morgan fingerprint density at radius 3 is 2.37 bits per heavy atom. The summed E-state index contributed by atoms with van der Waals surface area (Å²) in [5, 5.41) is 2.58. The second-order valence-electron chi connectivity index (χ2n) is 5.50. The van der Waals surface area contributed by atoms with Crippen LogP contribution in [0.25, 0.3) is 0 Å². The van der Waals surface area contributed by atoms with Crippen LogP contribution < -0.4 is 14.8 Å². The van der Waals surface area contributed by atoms with E-state index in [1.165, 1.54) is 37.3 Å². The molecule has 0 atom stereocenters. The first-order valence-electron chi connectivity index (χ1n) is 7.66. The summed E-state index contributed by atoms with van der Waals surface area (Å²) in [5.41, 5.74) is 0.563. The molecular weight excluding hydrogens is 405 g/mol. The number of benzene rings is 1. The highest BCUT2D eigenvalue weighted by Gasteiger charge is 2.28. The minimum atomic E-state index is -4.42. The molecule has 0 aliphatic rings. The Morgan fingerprint density at radius 1 is 1.11 bits per heavy atom. The molecule has 148 valence electrons. The minimum absolute atomic E-state index is 0.0270. The zero-order chi connectivity index (χ0) is 20.1. The number of amides is 1. The van der Waals surface area contributed by atoms with Crippen LogP contribution in [0.2, 0.25) is 0 Å². The van der Waals surface area contributed by atoms with Crippen LogP contribution in [-0.2, 0) is 27.9 Å². The van der Waals surface area contributed by atoms with Gasteiger partial charge in [-0.3, -0.25) is 4.79 Å². The molecule has 27 heavy (non-hydrogen) atoms. The summed E-state index contributed by atoms with van der Waals surface area (Å²) in [6, 6.07) is 8.69. The molecule has 0 spiro atoms. The van der Waals surface area contributed by atoms with Crippen molar-refractivity contribution < 1.29 is 31.1 Å². The highest BCUT2D eigenvalue weighted by Crippen LogP contribution is 2.22. The number of sulfonamides is 1. The molecule has 0 saturated heterocycles. The molecule has 0 saturated carbocycles. The van der Waals surface area contributed by atoms with Gasteiger partial charge in [0, 0.05) is 18.3 Å². The summed E-state index contributed by atoms with van der Waals surface area (Å²) < 4.78 is 68.0. The number of rotatable bonds is 8. The van der Waals surface area contributed by atoms with Crippen LogP contribution in [0.4, 0.5) is 13.2 Å². The van der Waals surface area contributed by atoms with E-state index >= 15 is 0 Å². The first-order chi connectivity index (χ1) is 12.5. The Kier molecular flexibility index (Phi) is 6.84. The third kappa shape index (κ3) is 7.19. The van der Waals surface area contributed by atoms with Crippen LogP contribution in [0.5, 0.6) is 5.75 Å². The maximum absolute atomic E-state index is 12.3. The van der Waals surface area contributed by atoms with Gasteiger partial charge in [-0.25, -0.2) is 13.1 Å². The maximum Gasteiger partial charge on any atom is 0.422 e. The van der Waals surface area contributed by atoms with E-state index in [9.17, 15) is 26.4 Å². The second kappa shape index (κ2) is 8.72. The third-order valence-electron chi connectivity index (χ3n) is 3.21. The summed E-state index contributed by atoms with van der Waals surface area (Å²) in [6.45, 7) is 0.195. The SMILES string of the molecule is CC(=O)NCc1ccc(S(=O)(=O)NCc2ccc(OCC(F)(F)F)cc2)s1. The lowest BCUT2D eigenvalue weighted by Gasteiger charge is -2.10. The predicted molar refractivity (Wildman–Crippen MR) is 93.9 cm³/mol. The van der Waals surface area contributed by atoms with Crippen molar-refractivity contribution in [1.29, 1.82) is 0 Å². The summed E-state index contributed by atoms with van der Waals surface area (Å²) in [4.78, 5) is 11.6. The molecule has 11 heteroatoms. The van der Waals surface area contributed by atoms with Gasteiger partial charge in [0.05, 0.1) is 6.54 Å². The number of hydrogen-bond acceptors (Lipinski definition) is 5. The van der Waals surface area contributed by atoms with Crippen molar-refractivity contribution in [2.24, 2.45) is 0 Å². The Morgan fingerprint density at radius 2 is 1.78 bits per heavy atom. The third-order valence-corrected chi connectivity index (χ3v) is 6.18. The molecule has 0 aliphatic heterocycles. The standard InChI is InChI=1S/C16H17F3N2O4S2/c1-11(22)20-9-14-6-7-15(26-14)27(23,24)21-8-12-2-4-13(5-3-12)25-10-16(17,18)19/h2-7,21H,8-10H2,1H3,(H,20,22). The van der Waals surface area contributed by atoms with Crippen LogP contribution in [0, 0.1) is 0 Å². The predicted octanol–water partition coefficient (Wildman–Crippen LogP) is 2.80. The van der Waals surface area contributed by atoms with Gasteiger partial charge < -0.3 is 10.1 Å². The van der Waals surface area contributed by atoms with Gasteiger partial charge in [-0.2, -0.15) is 13.2 Å². The number of alkyl halides is 3. The number of hydrogen-bond donors (Lipinski definition) is 2. The summed E-state index contributed by atoms with van der Waals surface area (Å²) in [6.07, 6.45) is -4.42. The molecule has 2 rings (SSSR count). The van der Waals surface area contributed by atoms with Crippen molar-refractivity contribution >= 4 is 27.3 Å². The van der Waals surface area contributed by atoms with E-state index in [-0.39, 0.29) is 29.0 Å². The van der Waals surface area contributed by atoms with E-state index < -0.39 is 22.8 Å². The van der Waals surface area contributed by atoms with Crippen molar-refractivity contribution in [3.63, 3.8) is 0 Å². The fraction of sp³-hybridized carbons (Fsp3) is 0.312. The molecule has 0 fully saturated rings. The lowest BCUT2D eigenvalue weighted by molar-refractivity contribution is -0.153. The van der Waals surface area contributed by atoms with Crippen LogP contribution in [0.1, 0.15) is 17.4 Å². The zero-order valence-electron chi connectivity index (χ0n) is 14.2. The average molecular weight is 422 g/mol. The second-order valence-corrected chi connectivity index (χ2v) is 8.66. The molecule has 1 aromatic carbocycles. The lowest BCUT2D eigenvalue weighted by atomic mass is 10.2. The zero-order valence-corrected chi connectivity index (χ0v) is 15.8. The Balaban J connectivity index is 1.92. The molecule has 2 aromatic rings. The normalized spacial score (nSPS) is 12.0. The van der Waals surface area contributed by atoms with E-state index in [1.54, 1.807) is 6.07 Å². The Labute approximate surface area is 158 Å². The van der Waals surface area contributed by atoms with Gasteiger partial charge in [-0.05, 0) is 29.8 Å². The number of halogens is 3. The molecule has 1 heterocycles. The van der Waals surface area contributed by atoms with E-state index in [4.69, 9.17) is 0 Å². The Hall–Kier alpha value is -2.11. The van der Waals surface area contributed by atoms with Gasteiger partial charge in [-0.1, -0.05) is 12.1 Å². The van der Waals surface area contributed by atoms with E-state index in [0.29, 0.717) is 10.4 Å². The van der Waals surface area contributed by atoms with Gasteiger partial charge in [0.2, 0.25) is 15.9 Å². The highest BCUT2D eigenvalue weighted by atomic mass is 32.2. The summed E-state index contributed by atoms with van der Waals surface area (Å²) in [5.74, 6) is -0.173. The first-order valence-corrected chi connectivity index (χ1v) is 9.96. The fourth-order valence-corrected chi connectivity index (χ4v) is 4.29. The molecule has 0 bridgehead atoms. The monoisotopic (exact) mass is 422 g/mol. The van der Waals surface area contributed by atoms with Crippen molar-refractivity contribution in [3.05, 3.63) is 46.8 Å². The molecule has 0 aliphatic carbocycles. The number of carbonyl (C=O) groups is 1. The number of nitrogens with one attached hydrogen (secondary N) is 2. The van der Waals surface area contributed by atoms with Crippen LogP contribution in [-0.4, -0.2) is 27.1 Å². The Bertz CT molecular complexity index is 878. The summed E-state index contributed by atoms with van der Waals surface area (Å²) in [7, 11) is -3.74. The van der Waals surface area contributed by atoms with E-state index in [1.807, 2.05) is 0 Å². The van der Waals surface area contributed by atoms with E-state index in [2.05, 4.69) is 14.8 Å². The number of ether oxygens (including phenoxy) is 1. The minimum Gasteiger partial charge on any atom is -0.484 e. The fourth-order valence-electron chi connectivity index (χ4n) is 1.93. The van der Waals surface area contributed by atoms with Crippen molar-refractivity contribution in [2.75, 3.05) is 6.61 Å². The highest BCUT2D eigenvalue weighted by molar-refractivity contribution is 7.91. The molecule has 0 unspecified atom stereocenters. The van der Waals surface area contributed by atoms with Crippen LogP contribution >= 0.6 is 11.3 Å². The van der Waals surface area contributed by atoms with Gasteiger partial charge in [0.1, 0.15) is 9.96 Å².